The molecule has 8 heteroatoms. The van der Waals surface area contributed by atoms with Gasteiger partial charge in [-0.3, -0.25) is 0 Å². The van der Waals surface area contributed by atoms with Crippen LogP contribution in [-0.4, -0.2) is 51.1 Å². The second kappa shape index (κ2) is 13.7. The SMILES string of the molecule is COC(=O)[C@H](CCCCNC(=O)OCC1c2ccccc2-c2ccccc21)NC(=O)OCC1c2ccccc2-c2ccccc21. The third-order valence-electron chi connectivity index (χ3n) is 8.65. The number of amides is 2. The van der Waals surface area contributed by atoms with Gasteiger partial charge < -0.3 is 24.8 Å². The Kier molecular flexibility index (Phi) is 9.10. The van der Waals surface area contributed by atoms with E-state index in [9.17, 15) is 14.4 Å². The van der Waals surface area contributed by atoms with Crippen LogP contribution in [0.1, 0.15) is 53.4 Å². The highest BCUT2D eigenvalue weighted by Crippen LogP contribution is 2.45. The van der Waals surface area contributed by atoms with E-state index in [1.807, 2.05) is 48.5 Å². The van der Waals surface area contributed by atoms with Crippen LogP contribution in [-0.2, 0) is 19.0 Å². The molecular formula is C37H36N2O6. The summed E-state index contributed by atoms with van der Waals surface area (Å²) >= 11 is 0. The zero-order valence-electron chi connectivity index (χ0n) is 25.2. The summed E-state index contributed by atoms with van der Waals surface area (Å²) in [6.45, 7) is 0.766. The topological polar surface area (TPSA) is 103 Å². The first-order chi connectivity index (χ1) is 22.0. The Labute approximate surface area is 262 Å². The minimum Gasteiger partial charge on any atom is -0.467 e. The maximum absolute atomic E-state index is 12.8. The van der Waals surface area contributed by atoms with Crippen LogP contribution in [0.15, 0.2) is 97.1 Å². The molecule has 4 aromatic carbocycles. The number of esters is 1. The summed E-state index contributed by atoms with van der Waals surface area (Å²) in [7, 11) is 1.29. The molecule has 1 atom stereocenters. The molecule has 2 amide bonds. The summed E-state index contributed by atoms with van der Waals surface area (Å²) in [5.74, 6) is -0.635. The van der Waals surface area contributed by atoms with E-state index in [-0.39, 0.29) is 25.0 Å². The van der Waals surface area contributed by atoms with Crippen molar-refractivity contribution in [2.24, 2.45) is 0 Å². The van der Waals surface area contributed by atoms with E-state index in [0.717, 1.165) is 33.4 Å². The quantitative estimate of drug-likeness (QED) is 0.111. The van der Waals surface area contributed by atoms with Crippen LogP contribution in [0, 0.1) is 0 Å². The predicted octanol–water partition coefficient (Wildman–Crippen LogP) is 6.78. The lowest BCUT2D eigenvalue weighted by molar-refractivity contribution is -0.143. The van der Waals surface area contributed by atoms with Crippen molar-refractivity contribution in [2.75, 3.05) is 26.9 Å². The van der Waals surface area contributed by atoms with Gasteiger partial charge in [0, 0.05) is 18.4 Å². The van der Waals surface area contributed by atoms with Crippen LogP contribution in [0.2, 0.25) is 0 Å². The fourth-order valence-electron chi connectivity index (χ4n) is 6.49. The van der Waals surface area contributed by atoms with E-state index in [4.69, 9.17) is 14.2 Å². The van der Waals surface area contributed by atoms with Crippen molar-refractivity contribution < 1.29 is 28.6 Å². The molecule has 2 aliphatic rings. The summed E-state index contributed by atoms with van der Waals surface area (Å²) < 4.78 is 16.1. The monoisotopic (exact) mass is 604 g/mol. The molecule has 6 rings (SSSR count). The summed E-state index contributed by atoms with van der Waals surface area (Å²) in [6.07, 6.45) is 0.322. The third kappa shape index (κ3) is 6.41. The minimum absolute atomic E-state index is 0.00653. The molecule has 0 bridgehead atoms. The molecule has 0 spiro atoms. The van der Waals surface area contributed by atoms with Gasteiger partial charge in [0.25, 0.3) is 0 Å². The number of hydrogen-bond acceptors (Lipinski definition) is 6. The molecule has 0 radical (unpaired) electrons. The maximum atomic E-state index is 12.8. The van der Waals surface area contributed by atoms with E-state index in [2.05, 4.69) is 59.2 Å². The molecule has 4 aromatic rings. The molecular weight excluding hydrogens is 568 g/mol. The van der Waals surface area contributed by atoms with Crippen molar-refractivity contribution in [3.8, 4) is 22.3 Å². The predicted molar refractivity (Wildman–Crippen MR) is 171 cm³/mol. The summed E-state index contributed by atoms with van der Waals surface area (Å²) in [6, 6.07) is 31.7. The summed E-state index contributed by atoms with van der Waals surface area (Å²) in [4.78, 5) is 37.6. The number of ether oxygens (including phenoxy) is 3. The van der Waals surface area contributed by atoms with Crippen LogP contribution >= 0.6 is 0 Å². The van der Waals surface area contributed by atoms with Crippen molar-refractivity contribution in [3.63, 3.8) is 0 Å². The van der Waals surface area contributed by atoms with Gasteiger partial charge in [-0.2, -0.15) is 0 Å². The van der Waals surface area contributed by atoms with Gasteiger partial charge in [0.05, 0.1) is 7.11 Å². The average Bonchev–Trinajstić information content (AvgIpc) is 3.57. The smallest absolute Gasteiger partial charge is 0.407 e. The Bertz CT molecular complexity index is 1610. The number of carbonyl (C=O) groups is 3. The first kappa shape index (κ1) is 29.9. The number of rotatable bonds is 11. The molecule has 8 nitrogen and oxygen atoms in total. The molecule has 0 unspecified atom stereocenters. The van der Waals surface area contributed by atoms with Crippen molar-refractivity contribution in [1.82, 2.24) is 10.6 Å². The Balaban J connectivity index is 0.940. The van der Waals surface area contributed by atoms with Gasteiger partial charge in [0.2, 0.25) is 0 Å². The summed E-state index contributed by atoms with van der Waals surface area (Å²) in [5.41, 5.74) is 9.17. The van der Waals surface area contributed by atoms with Gasteiger partial charge in [0.1, 0.15) is 19.3 Å². The van der Waals surface area contributed by atoms with Crippen molar-refractivity contribution in [3.05, 3.63) is 119 Å². The lowest BCUT2D eigenvalue weighted by Crippen LogP contribution is -2.42. The van der Waals surface area contributed by atoms with Crippen LogP contribution in [0.4, 0.5) is 9.59 Å². The van der Waals surface area contributed by atoms with Gasteiger partial charge in [-0.05, 0) is 63.8 Å². The number of hydrogen-bond donors (Lipinski definition) is 2. The van der Waals surface area contributed by atoms with Crippen LogP contribution in [0.3, 0.4) is 0 Å². The Hall–Kier alpha value is -5.11. The van der Waals surface area contributed by atoms with Crippen LogP contribution in [0.25, 0.3) is 22.3 Å². The molecule has 0 heterocycles. The second-order valence-electron chi connectivity index (χ2n) is 11.3. The number of unbranched alkanes of at least 4 members (excludes halogenated alkanes) is 1. The lowest BCUT2D eigenvalue weighted by atomic mass is 9.98. The van der Waals surface area contributed by atoms with E-state index in [0.29, 0.717) is 25.8 Å². The maximum Gasteiger partial charge on any atom is 0.407 e. The fourth-order valence-corrected chi connectivity index (χ4v) is 6.49. The first-order valence-corrected chi connectivity index (χ1v) is 15.3. The standard InChI is InChI=1S/C37H36N2O6/c1-43-35(40)34(39-37(42)45-23-33-30-18-8-4-14-26(30)27-15-5-9-19-31(27)33)20-10-11-21-38-36(41)44-22-32-28-16-6-2-12-24(28)25-13-3-7-17-29(25)32/h2-9,12-19,32-34H,10-11,20-23H2,1H3,(H,38,41)(H,39,42)/t34-/m0/s1. The molecule has 0 saturated carbocycles. The summed E-state index contributed by atoms with van der Waals surface area (Å²) in [5, 5.41) is 5.45. The normalized spacial score (nSPS) is 13.5. The average molecular weight is 605 g/mol. The largest absolute Gasteiger partial charge is 0.467 e. The molecule has 0 fully saturated rings. The van der Waals surface area contributed by atoms with E-state index in [1.165, 1.54) is 18.2 Å². The van der Waals surface area contributed by atoms with E-state index < -0.39 is 24.2 Å². The highest BCUT2D eigenvalue weighted by Gasteiger charge is 2.31. The molecule has 0 aromatic heterocycles. The number of fused-ring (bicyclic) bond motifs is 6. The number of benzene rings is 4. The fraction of sp³-hybridized carbons (Fsp3) is 0.270. The molecule has 230 valence electrons. The zero-order chi connectivity index (χ0) is 31.2. The number of carbonyl (C=O) groups excluding carboxylic acids is 3. The van der Waals surface area contributed by atoms with Crippen molar-refractivity contribution in [2.45, 2.75) is 37.1 Å². The van der Waals surface area contributed by atoms with Crippen molar-refractivity contribution >= 4 is 18.2 Å². The zero-order valence-corrected chi connectivity index (χ0v) is 25.2. The van der Waals surface area contributed by atoms with Crippen LogP contribution < -0.4 is 10.6 Å². The van der Waals surface area contributed by atoms with Gasteiger partial charge in [-0.25, -0.2) is 14.4 Å². The number of nitrogens with one attached hydrogen (secondary N) is 2. The first-order valence-electron chi connectivity index (χ1n) is 15.3. The number of alkyl carbamates (subject to hydrolysis) is 2. The van der Waals surface area contributed by atoms with E-state index >= 15 is 0 Å². The Morgan fingerprint density at radius 3 is 1.49 bits per heavy atom. The van der Waals surface area contributed by atoms with Gasteiger partial charge in [-0.1, -0.05) is 97.1 Å². The molecule has 0 saturated heterocycles. The Morgan fingerprint density at radius 1 is 0.622 bits per heavy atom. The highest BCUT2D eigenvalue weighted by atomic mass is 16.6. The van der Waals surface area contributed by atoms with E-state index in [1.54, 1.807) is 0 Å². The molecule has 2 N–H and O–H groups in total. The van der Waals surface area contributed by atoms with Gasteiger partial charge >= 0.3 is 18.2 Å². The van der Waals surface area contributed by atoms with Gasteiger partial charge in [-0.15, -0.1) is 0 Å². The molecule has 2 aliphatic carbocycles. The number of methoxy groups -OCH3 is 1. The lowest BCUT2D eigenvalue weighted by Gasteiger charge is -2.18. The van der Waals surface area contributed by atoms with Gasteiger partial charge in [0.15, 0.2) is 0 Å². The van der Waals surface area contributed by atoms with Crippen molar-refractivity contribution in [1.29, 1.82) is 0 Å². The third-order valence-corrected chi connectivity index (χ3v) is 8.65. The minimum atomic E-state index is -0.861. The molecule has 0 aliphatic heterocycles. The molecule has 45 heavy (non-hydrogen) atoms. The Morgan fingerprint density at radius 2 is 1.04 bits per heavy atom. The second-order valence-corrected chi connectivity index (χ2v) is 11.3. The highest BCUT2D eigenvalue weighted by molar-refractivity contribution is 5.82. The van der Waals surface area contributed by atoms with Crippen LogP contribution in [0.5, 0.6) is 0 Å².